The number of amides is 1. The molecular formula is C18H34N6O. The smallest absolute Gasteiger partial charge is 0.225 e. The van der Waals surface area contributed by atoms with Gasteiger partial charge in [0.15, 0.2) is 5.96 Å². The maximum atomic E-state index is 12.1. The fourth-order valence-electron chi connectivity index (χ4n) is 4.05. The van der Waals surface area contributed by atoms with Crippen molar-refractivity contribution in [3.63, 3.8) is 0 Å². The van der Waals surface area contributed by atoms with Crippen molar-refractivity contribution < 1.29 is 4.79 Å². The number of guanidine groups is 1. The summed E-state index contributed by atoms with van der Waals surface area (Å²) in [7, 11) is 0. The highest BCUT2D eigenvalue weighted by molar-refractivity contribution is 5.81. The number of nitrogens with zero attached hydrogens (tertiary/aromatic N) is 4. The van der Waals surface area contributed by atoms with Crippen molar-refractivity contribution in [1.29, 1.82) is 0 Å². The van der Waals surface area contributed by atoms with Gasteiger partial charge in [0.25, 0.3) is 0 Å². The number of nitrogens with one attached hydrogen (secondary N) is 2. The van der Waals surface area contributed by atoms with Gasteiger partial charge >= 0.3 is 0 Å². The summed E-state index contributed by atoms with van der Waals surface area (Å²) in [5.41, 5.74) is 0. The average Bonchev–Trinajstić information content (AvgIpc) is 3.08. The molecule has 4 aliphatic heterocycles. The van der Waals surface area contributed by atoms with Crippen LogP contribution in [0.15, 0.2) is 4.99 Å². The Morgan fingerprint density at radius 2 is 1.92 bits per heavy atom. The lowest BCUT2D eigenvalue weighted by Gasteiger charge is -2.47. The van der Waals surface area contributed by atoms with Gasteiger partial charge in [-0.05, 0) is 13.3 Å². The summed E-state index contributed by atoms with van der Waals surface area (Å²) in [6.45, 7) is 15.3. The van der Waals surface area contributed by atoms with Crippen LogP contribution in [0.5, 0.6) is 0 Å². The van der Waals surface area contributed by atoms with E-state index < -0.39 is 0 Å². The Hall–Kier alpha value is -1.34. The third-order valence-corrected chi connectivity index (χ3v) is 5.53. The molecule has 2 unspecified atom stereocenters. The summed E-state index contributed by atoms with van der Waals surface area (Å²) < 4.78 is 0. The number of carbonyl (C=O) groups is 1. The van der Waals surface area contributed by atoms with Crippen molar-refractivity contribution in [2.75, 3.05) is 58.9 Å². The molecule has 4 saturated heterocycles. The Labute approximate surface area is 151 Å². The summed E-state index contributed by atoms with van der Waals surface area (Å²) in [4.78, 5) is 24.1. The monoisotopic (exact) mass is 350 g/mol. The molecule has 0 radical (unpaired) electrons. The summed E-state index contributed by atoms with van der Waals surface area (Å²) in [5, 5.41) is 6.90. The number of rotatable bonds is 5. The second-order valence-corrected chi connectivity index (χ2v) is 7.78. The molecule has 0 spiro atoms. The van der Waals surface area contributed by atoms with Crippen LogP contribution in [0.2, 0.25) is 0 Å². The maximum absolute atomic E-state index is 12.1. The largest absolute Gasteiger partial charge is 0.357 e. The average molecular weight is 351 g/mol. The lowest BCUT2D eigenvalue weighted by molar-refractivity contribution is -0.133. The molecule has 1 amide bonds. The van der Waals surface area contributed by atoms with Gasteiger partial charge in [0, 0.05) is 70.4 Å². The van der Waals surface area contributed by atoms with E-state index >= 15 is 0 Å². The Morgan fingerprint density at radius 1 is 1.16 bits per heavy atom. The fourth-order valence-corrected chi connectivity index (χ4v) is 4.05. The number of piperazine rings is 3. The Kier molecular flexibility index (Phi) is 6.17. The lowest BCUT2D eigenvalue weighted by Crippen LogP contribution is -2.62. The molecule has 4 aliphatic rings. The molecular weight excluding hydrogens is 316 g/mol. The van der Waals surface area contributed by atoms with Crippen molar-refractivity contribution in [1.82, 2.24) is 25.3 Å². The van der Waals surface area contributed by atoms with Crippen LogP contribution in [0.25, 0.3) is 0 Å². The summed E-state index contributed by atoms with van der Waals surface area (Å²) >= 11 is 0. The van der Waals surface area contributed by atoms with Crippen LogP contribution in [0.3, 0.4) is 0 Å². The zero-order valence-electron chi connectivity index (χ0n) is 16.0. The van der Waals surface area contributed by atoms with Crippen molar-refractivity contribution in [3.05, 3.63) is 0 Å². The summed E-state index contributed by atoms with van der Waals surface area (Å²) in [6.07, 6.45) is 0.992. The SMILES string of the molecule is CCNC(=NCC1CN2CCN1CC2)NC1CCN(C(=O)C(C)C)C1. The highest BCUT2D eigenvalue weighted by Gasteiger charge is 2.32. The van der Waals surface area contributed by atoms with Gasteiger partial charge in [-0.3, -0.25) is 19.6 Å². The van der Waals surface area contributed by atoms with Gasteiger partial charge in [0.05, 0.1) is 6.54 Å². The number of fused-ring (bicyclic) bond motifs is 3. The number of hydrogen-bond acceptors (Lipinski definition) is 4. The van der Waals surface area contributed by atoms with E-state index in [0.717, 1.165) is 45.1 Å². The van der Waals surface area contributed by atoms with Gasteiger partial charge in [-0.1, -0.05) is 13.8 Å². The quantitative estimate of drug-likeness (QED) is 0.531. The highest BCUT2D eigenvalue weighted by Crippen LogP contribution is 2.16. The lowest BCUT2D eigenvalue weighted by atomic mass is 10.1. The third-order valence-electron chi connectivity index (χ3n) is 5.53. The first-order valence-electron chi connectivity index (χ1n) is 9.87. The van der Waals surface area contributed by atoms with Crippen molar-refractivity contribution in [3.8, 4) is 0 Å². The molecule has 0 aromatic carbocycles. The van der Waals surface area contributed by atoms with Gasteiger partial charge < -0.3 is 15.5 Å². The second kappa shape index (κ2) is 8.36. The van der Waals surface area contributed by atoms with Crippen LogP contribution in [-0.2, 0) is 4.79 Å². The molecule has 142 valence electrons. The minimum absolute atomic E-state index is 0.0754. The molecule has 25 heavy (non-hydrogen) atoms. The van der Waals surface area contributed by atoms with Crippen molar-refractivity contribution in [2.45, 2.75) is 39.3 Å². The second-order valence-electron chi connectivity index (χ2n) is 7.78. The fraction of sp³-hybridized carbons (Fsp3) is 0.889. The Morgan fingerprint density at radius 3 is 2.52 bits per heavy atom. The van der Waals surface area contributed by atoms with E-state index in [1.165, 1.54) is 26.2 Å². The molecule has 7 nitrogen and oxygen atoms in total. The number of aliphatic imine (C=N–C) groups is 1. The van der Waals surface area contributed by atoms with E-state index in [-0.39, 0.29) is 11.8 Å². The molecule has 2 atom stereocenters. The van der Waals surface area contributed by atoms with Gasteiger partial charge in [0.2, 0.25) is 5.91 Å². The standard InChI is InChI=1S/C18H34N6O/c1-4-19-18(20-11-16-13-22-7-9-23(16)10-8-22)21-15-5-6-24(12-15)17(25)14(2)3/h14-16H,4-13H2,1-3H3,(H2,19,20,21). The highest BCUT2D eigenvalue weighted by atomic mass is 16.2. The topological polar surface area (TPSA) is 63.2 Å². The number of carbonyl (C=O) groups excluding carboxylic acids is 1. The van der Waals surface area contributed by atoms with Gasteiger partial charge in [-0.25, -0.2) is 0 Å². The molecule has 0 saturated carbocycles. The molecule has 0 aromatic heterocycles. The van der Waals surface area contributed by atoms with Gasteiger partial charge in [-0.2, -0.15) is 0 Å². The van der Waals surface area contributed by atoms with E-state index in [1.54, 1.807) is 0 Å². The molecule has 0 aromatic rings. The molecule has 2 bridgehead atoms. The van der Waals surface area contributed by atoms with Gasteiger partial charge in [0.1, 0.15) is 0 Å². The van der Waals surface area contributed by atoms with Crippen LogP contribution in [0.4, 0.5) is 0 Å². The molecule has 4 fully saturated rings. The zero-order chi connectivity index (χ0) is 17.8. The predicted molar refractivity (Wildman–Crippen MR) is 101 cm³/mol. The first-order chi connectivity index (χ1) is 12.1. The molecule has 0 aliphatic carbocycles. The third kappa shape index (κ3) is 4.64. The number of likely N-dealkylation sites (tertiary alicyclic amines) is 1. The Balaban J connectivity index is 1.52. The van der Waals surface area contributed by atoms with Gasteiger partial charge in [-0.15, -0.1) is 0 Å². The van der Waals surface area contributed by atoms with Crippen LogP contribution >= 0.6 is 0 Å². The normalized spacial score (nSPS) is 32.3. The summed E-state index contributed by atoms with van der Waals surface area (Å²) in [5.74, 6) is 1.22. The van der Waals surface area contributed by atoms with E-state index in [2.05, 4.69) is 27.4 Å². The first kappa shape index (κ1) is 18.5. The van der Waals surface area contributed by atoms with Crippen LogP contribution in [0, 0.1) is 5.92 Å². The zero-order valence-corrected chi connectivity index (χ0v) is 16.0. The van der Waals surface area contributed by atoms with Crippen molar-refractivity contribution in [2.24, 2.45) is 10.9 Å². The molecule has 7 heteroatoms. The van der Waals surface area contributed by atoms with Crippen LogP contribution in [0.1, 0.15) is 27.2 Å². The minimum Gasteiger partial charge on any atom is -0.357 e. The predicted octanol–water partition coefficient (Wildman–Crippen LogP) is -0.202. The molecule has 4 heterocycles. The molecule has 4 rings (SSSR count). The minimum atomic E-state index is 0.0754. The van der Waals surface area contributed by atoms with Crippen LogP contribution < -0.4 is 10.6 Å². The molecule has 2 N–H and O–H groups in total. The number of hydrogen-bond donors (Lipinski definition) is 2. The Bertz CT molecular complexity index is 486. The first-order valence-corrected chi connectivity index (χ1v) is 9.87. The van der Waals surface area contributed by atoms with E-state index in [1.807, 2.05) is 18.7 Å². The van der Waals surface area contributed by atoms with E-state index in [9.17, 15) is 4.79 Å². The maximum Gasteiger partial charge on any atom is 0.225 e. The van der Waals surface area contributed by atoms with E-state index in [0.29, 0.717) is 12.1 Å². The summed E-state index contributed by atoms with van der Waals surface area (Å²) in [6, 6.07) is 0.841. The van der Waals surface area contributed by atoms with Crippen LogP contribution in [-0.4, -0.2) is 97.6 Å². The van der Waals surface area contributed by atoms with Crippen molar-refractivity contribution >= 4 is 11.9 Å². The van der Waals surface area contributed by atoms with E-state index in [4.69, 9.17) is 4.99 Å².